The second-order valence-corrected chi connectivity index (χ2v) is 5.17. The van der Waals surface area contributed by atoms with Gasteiger partial charge in [0.15, 0.2) is 0 Å². The van der Waals surface area contributed by atoms with Crippen molar-refractivity contribution in [1.82, 2.24) is 0 Å². The average molecular weight is 346 g/mol. The molecule has 0 aromatic heterocycles. The van der Waals surface area contributed by atoms with Crippen LogP contribution in [0, 0.1) is 0 Å². The second-order valence-electron chi connectivity index (χ2n) is 1.77. The molecule has 0 atom stereocenters. The zero-order valence-electron chi connectivity index (χ0n) is 5.26. The van der Waals surface area contributed by atoms with E-state index in [1.807, 2.05) is 0 Å². The first-order valence-electron chi connectivity index (χ1n) is 2.50. The van der Waals surface area contributed by atoms with Crippen molar-refractivity contribution in [2.45, 2.75) is 0 Å². The van der Waals surface area contributed by atoms with Crippen molar-refractivity contribution in [2.24, 2.45) is 0 Å². The van der Waals surface area contributed by atoms with Gasteiger partial charge in [-0.3, -0.25) is 0 Å². The predicted molar refractivity (Wildman–Crippen MR) is 36.4 cm³/mol. The van der Waals surface area contributed by atoms with Crippen LogP contribution >= 0.6 is 11.6 Å². The number of aromatic hydroxyl groups is 1. The quantitative estimate of drug-likeness (QED) is 0.679. The number of phenolic OH excluding ortho intramolecular Hbond substituents is 1. The van der Waals surface area contributed by atoms with Crippen LogP contribution in [-0.4, -0.2) is 10.6 Å². The van der Waals surface area contributed by atoms with E-state index in [0.29, 0.717) is 36.9 Å². The van der Waals surface area contributed by atoms with Gasteiger partial charge in [-0.05, 0) is 0 Å². The summed E-state index contributed by atoms with van der Waals surface area (Å²) in [7, 11) is 0. The molecule has 0 bridgehead atoms. The van der Waals surface area contributed by atoms with Gasteiger partial charge in [0.1, 0.15) is 0 Å². The van der Waals surface area contributed by atoms with E-state index in [9.17, 15) is 0 Å². The number of hydrogen-bond donors (Lipinski definition) is 1. The van der Waals surface area contributed by atoms with E-state index in [1.54, 1.807) is 18.2 Å². The number of halogens is 1. The van der Waals surface area contributed by atoms with Gasteiger partial charge in [-0.25, -0.2) is 0 Å². The molecule has 0 fully saturated rings. The third kappa shape index (κ3) is 2.44. The SMILES string of the molecule is O.Oc1ccc(Cl)c[c]1[Hg]. The Kier molecular flexibility index (Phi) is 4.25. The van der Waals surface area contributed by atoms with Crippen molar-refractivity contribution >= 4 is 14.7 Å². The summed E-state index contributed by atoms with van der Waals surface area (Å²) in [6.07, 6.45) is 0. The van der Waals surface area contributed by atoms with Gasteiger partial charge in [0.25, 0.3) is 0 Å². The summed E-state index contributed by atoms with van der Waals surface area (Å²) in [6, 6.07) is 5.12. The Balaban J connectivity index is 0.000000810. The van der Waals surface area contributed by atoms with E-state index < -0.39 is 0 Å². The maximum atomic E-state index is 9.03. The molecule has 0 radical (unpaired) electrons. The Labute approximate surface area is 80.1 Å². The van der Waals surface area contributed by atoms with E-state index >= 15 is 0 Å². The van der Waals surface area contributed by atoms with Crippen LogP contribution in [0.4, 0.5) is 0 Å². The fourth-order valence-corrected chi connectivity index (χ4v) is 2.56. The van der Waals surface area contributed by atoms with E-state index in [1.165, 1.54) is 0 Å². The van der Waals surface area contributed by atoms with Crippen LogP contribution in [-0.2, 0) is 26.1 Å². The zero-order valence-corrected chi connectivity index (χ0v) is 11.5. The summed E-state index contributed by atoms with van der Waals surface area (Å²) < 4.78 is 1.00. The van der Waals surface area contributed by atoms with Crippen LogP contribution in [0.15, 0.2) is 18.2 Å². The number of rotatable bonds is 0. The van der Waals surface area contributed by atoms with Crippen molar-refractivity contribution < 1.29 is 36.7 Å². The summed E-state index contributed by atoms with van der Waals surface area (Å²) in [5, 5.41) is 9.74. The van der Waals surface area contributed by atoms with E-state index in [4.69, 9.17) is 16.7 Å². The number of phenols is 1. The molecule has 51 valence electrons. The van der Waals surface area contributed by atoms with Crippen LogP contribution in [0.2, 0.25) is 5.02 Å². The van der Waals surface area contributed by atoms with Gasteiger partial charge in [-0.2, -0.15) is 0 Å². The molecule has 0 amide bonds. The normalized spacial score (nSPS) is 8.70. The van der Waals surface area contributed by atoms with E-state index in [2.05, 4.69) is 0 Å². The van der Waals surface area contributed by atoms with Crippen molar-refractivity contribution in [2.75, 3.05) is 0 Å². The molecule has 0 saturated carbocycles. The number of benzene rings is 1. The summed E-state index contributed by atoms with van der Waals surface area (Å²) in [5.41, 5.74) is 0. The molecule has 0 aliphatic heterocycles. The summed E-state index contributed by atoms with van der Waals surface area (Å²) in [6.45, 7) is 0. The van der Waals surface area contributed by atoms with Crippen LogP contribution in [0.3, 0.4) is 0 Å². The molecule has 0 aliphatic carbocycles. The fourth-order valence-electron chi connectivity index (χ4n) is 0.554. The van der Waals surface area contributed by atoms with Gasteiger partial charge in [0.2, 0.25) is 0 Å². The summed E-state index contributed by atoms with van der Waals surface area (Å²) in [5.74, 6) is 0.378. The van der Waals surface area contributed by atoms with Crippen molar-refractivity contribution in [3.05, 3.63) is 23.2 Å². The summed E-state index contributed by atoms with van der Waals surface area (Å²) >= 11 is 6.09. The summed E-state index contributed by atoms with van der Waals surface area (Å²) in [4.78, 5) is 0. The Bertz CT molecular complexity index is 227. The van der Waals surface area contributed by atoms with Gasteiger partial charge in [-0.1, -0.05) is 0 Å². The first-order chi connectivity index (χ1) is 4.20. The average Bonchev–Trinajstić information content (AvgIpc) is 1.80. The van der Waals surface area contributed by atoms with Gasteiger partial charge in [-0.15, -0.1) is 0 Å². The van der Waals surface area contributed by atoms with Gasteiger partial charge < -0.3 is 5.48 Å². The second kappa shape index (κ2) is 4.16. The maximum absolute atomic E-state index is 9.03. The topological polar surface area (TPSA) is 51.7 Å². The molecule has 0 unspecified atom stereocenters. The third-order valence-corrected chi connectivity index (χ3v) is 3.48. The first kappa shape index (κ1) is 10.2. The monoisotopic (exact) mass is 347 g/mol. The van der Waals surface area contributed by atoms with Crippen LogP contribution in [0.1, 0.15) is 0 Å². The predicted octanol–water partition coefficient (Wildman–Crippen LogP) is 0.393. The van der Waals surface area contributed by atoms with Crippen LogP contribution in [0.5, 0.6) is 5.75 Å². The van der Waals surface area contributed by atoms with Crippen molar-refractivity contribution in [3.8, 4) is 5.75 Å². The molecule has 0 heterocycles. The molecular formula is C6H6ClHgO2. The van der Waals surface area contributed by atoms with Crippen molar-refractivity contribution in [1.29, 1.82) is 0 Å². The molecule has 10 heavy (non-hydrogen) atoms. The molecule has 3 N–H and O–H groups in total. The minimum absolute atomic E-state index is 0. The molecule has 0 spiro atoms. The molecule has 0 saturated heterocycles. The van der Waals surface area contributed by atoms with Crippen LogP contribution in [0.25, 0.3) is 0 Å². The standard InChI is InChI=1S/C6H4ClO.Hg.H2O/c7-5-1-3-6(8)4-2-5;;/h1-3,8H;;1H2. The van der Waals surface area contributed by atoms with Gasteiger partial charge >= 0.3 is 74.9 Å². The van der Waals surface area contributed by atoms with Gasteiger partial charge in [0, 0.05) is 0 Å². The first-order valence-corrected chi connectivity index (χ1v) is 5.63. The molecule has 1 rings (SSSR count). The van der Waals surface area contributed by atoms with E-state index in [0.717, 1.165) is 3.07 Å². The number of hydrogen-bond acceptors (Lipinski definition) is 1. The Morgan fingerprint density at radius 1 is 1.40 bits per heavy atom. The molecular weight excluding hydrogens is 340 g/mol. The zero-order chi connectivity index (χ0) is 6.85. The van der Waals surface area contributed by atoms with Gasteiger partial charge in [0.05, 0.1) is 0 Å². The molecule has 4 heteroatoms. The molecule has 0 aliphatic rings. The fraction of sp³-hybridized carbons (Fsp3) is 0. The van der Waals surface area contributed by atoms with Crippen molar-refractivity contribution in [3.63, 3.8) is 0 Å². The molecule has 2 nitrogen and oxygen atoms in total. The Morgan fingerprint density at radius 2 is 2.00 bits per heavy atom. The molecule has 1 aromatic carbocycles. The van der Waals surface area contributed by atoms with E-state index in [-0.39, 0.29) is 5.48 Å². The Hall–Kier alpha value is 0.205. The molecule has 1 aromatic rings. The third-order valence-electron chi connectivity index (χ3n) is 1.04. The Morgan fingerprint density at radius 3 is 2.40 bits per heavy atom. The minimum atomic E-state index is 0. The van der Waals surface area contributed by atoms with Crippen LogP contribution < -0.4 is 3.07 Å².